The molecule has 0 aromatic heterocycles. The van der Waals surface area contributed by atoms with Crippen LogP contribution in [0.15, 0.2) is 24.3 Å². The second kappa shape index (κ2) is 5.96. The number of nitriles is 1. The van der Waals surface area contributed by atoms with Crippen molar-refractivity contribution < 1.29 is 9.90 Å². The van der Waals surface area contributed by atoms with Crippen molar-refractivity contribution in [3.05, 3.63) is 29.8 Å². The van der Waals surface area contributed by atoms with Crippen molar-refractivity contribution in [1.82, 2.24) is 5.32 Å². The Morgan fingerprint density at radius 3 is 2.80 bits per heavy atom. The van der Waals surface area contributed by atoms with Crippen LogP contribution in [0.5, 0.6) is 5.75 Å². The van der Waals surface area contributed by atoms with Crippen molar-refractivity contribution >= 4 is 5.91 Å². The average Bonchev–Trinajstić information content (AvgIpc) is 2.41. The highest BCUT2D eigenvalue weighted by Crippen LogP contribution is 2.31. The molecule has 1 amide bonds. The predicted octanol–water partition coefficient (Wildman–Crippen LogP) is 2.52. The second-order valence-electron chi connectivity index (χ2n) is 5.77. The van der Waals surface area contributed by atoms with Gasteiger partial charge in [-0.2, -0.15) is 5.26 Å². The first-order chi connectivity index (χ1) is 9.53. The van der Waals surface area contributed by atoms with Gasteiger partial charge in [0.1, 0.15) is 11.3 Å². The van der Waals surface area contributed by atoms with Gasteiger partial charge in [0, 0.05) is 0 Å². The van der Waals surface area contributed by atoms with E-state index < -0.39 is 5.54 Å². The lowest BCUT2D eigenvalue weighted by Crippen LogP contribution is -2.50. The molecule has 1 fully saturated rings. The lowest BCUT2D eigenvalue weighted by molar-refractivity contribution is -0.122. The van der Waals surface area contributed by atoms with Gasteiger partial charge in [-0.3, -0.25) is 4.79 Å². The van der Waals surface area contributed by atoms with Crippen molar-refractivity contribution in [2.75, 3.05) is 0 Å². The van der Waals surface area contributed by atoms with Gasteiger partial charge in [0.05, 0.1) is 12.5 Å². The predicted molar refractivity (Wildman–Crippen MR) is 75.9 cm³/mol. The zero-order chi connectivity index (χ0) is 14.6. The largest absolute Gasteiger partial charge is 0.508 e. The number of aromatic hydroxyl groups is 1. The molecule has 20 heavy (non-hydrogen) atoms. The highest BCUT2D eigenvalue weighted by atomic mass is 16.3. The summed E-state index contributed by atoms with van der Waals surface area (Å²) in [6, 6.07) is 8.93. The van der Waals surface area contributed by atoms with E-state index in [9.17, 15) is 15.2 Å². The van der Waals surface area contributed by atoms with Gasteiger partial charge in [0.15, 0.2) is 0 Å². The number of benzene rings is 1. The van der Waals surface area contributed by atoms with Crippen molar-refractivity contribution in [3.63, 3.8) is 0 Å². The maximum Gasteiger partial charge on any atom is 0.225 e. The third-order valence-corrected chi connectivity index (χ3v) is 4.00. The molecule has 1 aliphatic rings. The number of phenols is 1. The molecule has 0 bridgehead atoms. The molecule has 106 valence electrons. The SMILES string of the molecule is CC1CCC(C#N)(NC(=O)Cc2cccc(O)c2)CC1. The fourth-order valence-electron chi connectivity index (χ4n) is 2.68. The van der Waals surface area contributed by atoms with Crippen LogP contribution < -0.4 is 5.32 Å². The molecule has 1 saturated carbocycles. The highest BCUT2D eigenvalue weighted by Gasteiger charge is 2.35. The normalized spacial score (nSPS) is 25.7. The number of nitrogens with zero attached hydrogens (tertiary/aromatic N) is 1. The first-order valence-corrected chi connectivity index (χ1v) is 7.03. The maximum atomic E-state index is 12.1. The molecule has 2 rings (SSSR count). The maximum absolute atomic E-state index is 12.1. The number of phenolic OH excluding ortho intramolecular Hbond substituents is 1. The molecule has 4 heteroatoms. The van der Waals surface area contributed by atoms with Crippen molar-refractivity contribution in [2.45, 2.75) is 44.6 Å². The molecular formula is C16H20N2O2. The Labute approximate surface area is 119 Å². The molecular weight excluding hydrogens is 252 g/mol. The van der Waals surface area contributed by atoms with Crippen molar-refractivity contribution in [1.29, 1.82) is 5.26 Å². The monoisotopic (exact) mass is 272 g/mol. The van der Waals surface area contributed by atoms with Crippen LogP contribution in [-0.2, 0) is 11.2 Å². The lowest BCUT2D eigenvalue weighted by Gasteiger charge is -2.34. The summed E-state index contributed by atoms with van der Waals surface area (Å²) in [6.45, 7) is 2.18. The van der Waals surface area contributed by atoms with Crippen LogP contribution in [0.3, 0.4) is 0 Å². The standard InChI is InChI=1S/C16H20N2O2/c1-12-5-7-16(11-17,8-6-12)18-15(20)10-13-3-2-4-14(19)9-13/h2-4,9,12,19H,5-8,10H2,1H3,(H,18,20). The minimum Gasteiger partial charge on any atom is -0.508 e. The molecule has 0 saturated heterocycles. The molecule has 2 N–H and O–H groups in total. The zero-order valence-electron chi connectivity index (χ0n) is 11.7. The zero-order valence-corrected chi connectivity index (χ0v) is 11.7. The summed E-state index contributed by atoms with van der Waals surface area (Å²) in [6.07, 6.45) is 3.57. The first kappa shape index (κ1) is 14.4. The van der Waals surface area contributed by atoms with Gasteiger partial charge in [0.25, 0.3) is 0 Å². The molecule has 0 atom stereocenters. The Kier molecular flexibility index (Phi) is 4.29. The molecule has 1 aromatic rings. The van der Waals surface area contributed by atoms with E-state index in [1.54, 1.807) is 24.3 Å². The Hall–Kier alpha value is -2.02. The van der Waals surface area contributed by atoms with Gasteiger partial charge in [-0.05, 0) is 49.3 Å². The minimum atomic E-state index is -0.708. The number of carbonyl (C=O) groups is 1. The van der Waals surface area contributed by atoms with Gasteiger partial charge in [-0.1, -0.05) is 19.1 Å². The quantitative estimate of drug-likeness (QED) is 0.888. The Morgan fingerprint density at radius 2 is 2.20 bits per heavy atom. The summed E-state index contributed by atoms with van der Waals surface area (Å²) in [7, 11) is 0. The smallest absolute Gasteiger partial charge is 0.225 e. The van der Waals surface area contributed by atoms with Gasteiger partial charge >= 0.3 is 0 Å². The second-order valence-corrected chi connectivity index (χ2v) is 5.77. The lowest BCUT2D eigenvalue weighted by atomic mass is 9.78. The average molecular weight is 272 g/mol. The van der Waals surface area contributed by atoms with Crippen molar-refractivity contribution in [2.24, 2.45) is 5.92 Å². The minimum absolute atomic E-state index is 0.150. The van der Waals surface area contributed by atoms with E-state index in [-0.39, 0.29) is 18.1 Å². The molecule has 1 aliphatic carbocycles. The molecule has 0 aliphatic heterocycles. The van der Waals surface area contributed by atoms with Crippen LogP contribution in [0.4, 0.5) is 0 Å². The molecule has 1 aromatic carbocycles. The fraction of sp³-hybridized carbons (Fsp3) is 0.500. The van der Waals surface area contributed by atoms with E-state index in [1.165, 1.54) is 0 Å². The van der Waals surface area contributed by atoms with Crippen LogP contribution in [0.1, 0.15) is 38.2 Å². The molecule has 0 heterocycles. The van der Waals surface area contributed by atoms with Crippen molar-refractivity contribution in [3.8, 4) is 11.8 Å². The van der Waals surface area contributed by atoms with E-state index in [2.05, 4.69) is 18.3 Å². The summed E-state index contributed by atoms with van der Waals surface area (Å²) in [4.78, 5) is 12.1. The van der Waals surface area contributed by atoms with Crippen LogP contribution in [0, 0.1) is 17.2 Å². The number of rotatable bonds is 3. The Bertz CT molecular complexity index is 526. The molecule has 0 unspecified atom stereocenters. The van der Waals surface area contributed by atoms with E-state index >= 15 is 0 Å². The number of carbonyl (C=O) groups excluding carboxylic acids is 1. The topological polar surface area (TPSA) is 73.1 Å². The summed E-state index contributed by atoms with van der Waals surface area (Å²) in [5.41, 5.74) is 0.0419. The number of amides is 1. The third kappa shape index (κ3) is 3.51. The van der Waals surface area contributed by atoms with Crippen LogP contribution in [-0.4, -0.2) is 16.6 Å². The number of nitrogens with one attached hydrogen (secondary N) is 1. The number of hydrogen-bond acceptors (Lipinski definition) is 3. The van der Waals surface area contributed by atoms with E-state index in [0.29, 0.717) is 5.92 Å². The summed E-state index contributed by atoms with van der Waals surface area (Å²) >= 11 is 0. The molecule has 0 radical (unpaired) electrons. The highest BCUT2D eigenvalue weighted by molar-refractivity contribution is 5.80. The van der Waals surface area contributed by atoms with Gasteiger partial charge in [0.2, 0.25) is 5.91 Å². The van der Waals surface area contributed by atoms with Gasteiger partial charge in [-0.25, -0.2) is 0 Å². The van der Waals surface area contributed by atoms with Crippen LogP contribution in [0.25, 0.3) is 0 Å². The van der Waals surface area contributed by atoms with E-state index in [4.69, 9.17) is 0 Å². The summed E-state index contributed by atoms with van der Waals surface area (Å²) in [5.74, 6) is 0.614. The van der Waals surface area contributed by atoms with Gasteiger partial charge in [-0.15, -0.1) is 0 Å². The Morgan fingerprint density at radius 1 is 1.50 bits per heavy atom. The van der Waals surface area contributed by atoms with E-state index in [1.807, 2.05) is 0 Å². The third-order valence-electron chi connectivity index (χ3n) is 4.00. The summed E-state index contributed by atoms with van der Waals surface area (Å²) in [5, 5.41) is 21.7. The molecule has 0 spiro atoms. The van der Waals surface area contributed by atoms with Crippen LogP contribution >= 0.6 is 0 Å². The van der Waals surface area contributed by atoms with Crippen LogP contribution in [0.2, 0.25) is 0 Å². The summed E-state index contributed by atoms with van der Waals surface area (Å²) < 4.78 is 0. The fourth-order valence-corrected chi connectivity index (χ4v) is 2.68. The number of hydrogen-bond donors (Lipinski definition) is 2. The Balaban J connectivity index is 1.98. The first-order valence-electron chi connectivity index (χ1n) is 7.03. The molecule has 4 nitrogen and oxygen atoms in total. The van der Waals surface area contributed by atoms with E-state index in [0.717, 1.165) is 31.2 Å². The van der Waals surface area contributed by atoms with Gasteiger partial charge < -0.3 is 10.4 Å².